The Kier molecular flexibility index (Phi) is 6.85. The van der Waals surface area contributed by atoms with Crippen molar-refractivity contribution in [3.05, 3.63) is 76.3 Å². The summed E-state index contributed by atoms with van der Waals surface area (Å²) >= 11 is 0. The molecule has 0 aromatic heterocycles. The lowest BCUT2D eigenvalue weighted by molar-refractivity contribution is -0.274. The van der Waals surface area contributed by atoms with Crippen LogP contribution in [0.4, 0.5) is 24.5 Å². The number of alkyl halides is 3. The molecule has 208 valence electrons. The molecule has 1 fully saturated rings. The molecule has 0 aliphatic carbocycles. The molecule has 1 unspecified atom stereocenters. The molecule has 0 radical (unpaired) electrons. The Labute approximate surface area is 228 Å². The second-order valence-electron chi connectivity index (χ2n) is 10.9. The maximum atomic E-state index is 12.7. The summed E-state index contributed by atoms with van der Waals surface area (Å²) < 4.78 is 54.1. The molecule has 39 heavy (non-hydrogen) atoms. The number of hydrogen-bond donors (Lipinski definition) is 0. The molecule has 1 atom stereocenters. The summed E-state index contributed by atoms with van der Waals surface area (Å²) in [5.41, 5.74) is 7.33. The van der Waals surface area contributed by atoms with Crippen molar-refractivity contribution in [2.45, 2.75) is 52.5 Å². The molecule has 2 heterocycles. The number of nitrogens with zero attached hydrogens (tertiary/aromatic N) is 2. The maximum absolute atomic E-state index is 12.7. The summed E-state index contributed by atoms with van der Waals surface area (Å²) in [5.74, 6) is 1.37. The van der Waals surface area contributed by atoms with Crippen LogP contribution in [0, 0.1) is 20.8 Å². The van der Waals surface area contributed by atoms with E-state index in [1.807, 2.05) is 26.0 Å². The van der Waals surface area contributed by atoms with Gasteiger partial charge in [0.15, 0.2) is 0 Å². The maximum Gasteiger partial charge on any atom is 0.573 e. The van der Waals surface area contributed by atoms with Crippen molar-refractivity contribution in [2.24, 2.45) is 0 Å². The van der Waals surface area contributed by atoms with Gasteiger partial charge in [-0.2, -0.15) is 0 Å². The number of fused-ring (bicyclic) bond motifs is 1. The fourth-order valence-electron chi connectivity index (χ4n) is 6.16. The molecule has 0 amide bonds. The topological polar surface area (TPSA) is 34.2 Å². The molecule has 2 aliphatic rings. The molecular weight excluding hydrogens is 505 g/mol. The van der Waals surface area contributed by atoms with E-state index in [9.17, 15) is 13.2 Å². The Morgan fingerprint density at radius 3 is 1.92 bits per heavy atom. The lowest BCUT2D eigenvalue weighted by Crippen LogP contribution is -2.47. The van der Waals surface area contributed by atoms with E-state index in [2.05, 4.69) is 47.4 Å². The lowest BCUT2D eigenvalue weighted by atomic mass is 9.78. The van der Waals surface area contributed by atoms with Gasteiger partial charge in [-0.3, -0.25) is 0 Å². The number of ether oxygens (including phenoxy) is 3. The fraction of sp³-hybridized carbons (Fsp3) is 0.419. The van der Waals surface area contributed by atoms with Crippen LogP contribution in [0.15, 0.2) is 48.5 Å². The Bertz CT molecular complexity index is 1340. The van der Waals surface area contributed by atoms with Gasteiger partial charge in [0.1, 0.15) is 22.8 Å². The highest BCUT2D eigenvalue weighted by Crippen LogP contribution is 2.54. The first-order valence-electron chi connectivity index (χ1n) is 13.2. The summed E-state index contributed by atoms with van der Waals surface area (Å²) in [7, 11) is 1.67. The Morgan fingerprint density at radius 2 is 1.36 bits per heavy atom. The van der Waals surface area contributed by atoms with Crippen LogP contribution in [0.25, 0.3) is 0 Å². The summed E-state index contributed by atoms with van der Waals surface area (Å²) in [6.07, 6.45) is -4.72. The zero-order valence-corrected chi connectivity index (χ0v) is 23.3. The Hall–Kier alpha value is -3.55. The van der Waals surface area contributed by atoms with Gasteiger partial charge in [-0.25, -0.2) is 0 Å². The van der Waals surface area contributed by atoms with Gasteiger partial charge in [0, 0.05) is 43.1 Å². The molecular formula is C31H35F3N2O3. The summed E-state index contributed by atoms with van der Waals surface area (Å²) in [6, 6.07) is 14.4. The minimum Gasteiger partial charge on any atom is -0.497 e. The van der Waals surface area contributed by atoms with E-state index in [1.165, 1.54) is 29.1 Å². The molecule has 5 nitrogen and oxygen atoms in total. The van der Waals surface area contributed by atoms with Gasteiger partial charge < -0.3 is 24.0 Å². The zero-order chi connectivity index (χ0) is 28.1. The van der Waals surface area contributed by atoms with Crippen LogP contribution in [-0.4, -0.2) is 45.3 Å². The van der Waals surface area contributed by atoms with Crippen LogP contribution < -0.4 is 24.0 Å². The largest absolute Gasteiger partial charge is 0.573 e. The van der Waals surface area contributed by atoms with Crippen molar-refractivity contribution in [2.75, 3.05) is 43.1 Å². The van der Waals surface area contributed by atoms with Gasteiger partial charge >= 0.3 is 6.36 Å². The first-order valence-corrected chi connectivity index (χ1v) is 13.2. The number of methoxy groups -OCH3 is 1. The van der Waals surface area contributed by atoms with E-state index in [1.54, 1.807) is 19.2 Å². The van der Waals surface area contributed by atoms with Gasteiger partial charge in [-0.1, -0.05) is 12.1 Å². The SMILES string of the molecule is COc1ccc(N2CCN(c3c(C)c(C)c4c(c3C)C(c3ccc(OC(F)(F)F)cc3)C(C)(C)O4)CC2)cc1. The number of hydrogen-bond acceptors (Lipinski definition) is 5. The van der Waals surface area contributed by atoms with Crippen molar-refractivity contribution in [3.8, 4) is 17.2 Å². The van der Waals surface area contributed by atoms with Crippen LogP contribution in [0.5, 0.6) is 17.2 Å². The molecule has 8 heteroatoms. The highest BCUT2D eigenvalue weighted by atomic mass is 19.4. The molecule has 2 aliphatic heterocycles. The monoisotopic (exact) mass is 540 g/mol. The highest BCUT2D eigenvalue weighted by Gasteiger charge is 2.45. The predicted molar refractivity (Wildman–Crippen MR) is 148 cm³/mol. The van der Waals surface area contributed by atoms with Gasteiger partial charge in [-0.05, 0) is 93.3 Å². The van der Waals surface area contributed by atoms with Crippen LogP contribution in [0.1, 0.15) is 47.6 Å². The van der Waals surface area contributed by atoms with E-state index >= 15 is 0 Å². The summed E-state index contributed by atoms with van der Waals surface area (Å²) in [6.45, 7) is 14.0. The van der Waals surface area contributed by atoms with Crippen LogP contribution in [-0.2, 0) is 0 Å². The number of piperazine rings is 1. The van der Waals surface area contributed by atoms with Crippen molar-refractivity contribution < 1.29 is 27.4 Å². The number of anilines is 2. The highest BCUT2D eigenvalue weighted by molar-refractivity contribution is 5.72. The van der Waals surface area contributed by atoms with E-state index in [-0.39, 0.29) is 11.7 Å². The average Bonchev–Trinajstić information content (AvgIpc) is 3.19. The smallest absolute Gasteiger partial charge is 0.497 e. The number of rotatable bonds is 5. The number of halogens is 3. The van der Waals surface area contributed by atoms with Crippen molar-refractivity contribution >= 4 is 11.4 Å². The summed E-state index contributed by atoms with van der Waals surface area (Å²) in [4.78, 5) is 4.85. The first-order chi connectivity index (χ1) is 18.4. The van der Waals surface area contributed by atoms with Gasteiger partial charge in [0.05, 0.1) is 13.0 Å². The molecule has 5 rings (SSSR count). The normalized spacial score (nSPS) is 18.5. The summed E-state index contributed by atoms with van der Waals surface area (Å²) in [5, 5.41) is 0. The van der Waals surface area contributed by atoms with Crippen molar-refractivity contribution in [1.29, 1.82) is 0 Å². The molecule has 0 saturated carbocycles. The lowest BCUT2D eigenvalue weighted by Gasteiger charge is -2.39. The third kappa shape index (κ3) is 5.09. The van der Waals surface area contributed by atoms with Crippen molar-refractivity contribution in [3.63, 3.8) is 0 Å². The van der Waals surface area contributed by atoms with Crippen LogP contribution >= 0.6 is 0 Å². The second kappa shape index (κ2) is 9.88. The zero-order valence-electron chi connectivity index (χ0n) is 23.3. The minimum absolute atomic E-state index is 0.133. The van der Waals surface area contributed by atoms with E-state index in [0.29, 0.717) is 0 Å². The Morgan fingerprint density at radius 1 is 0.795 bits per heavy atom. The molecule has 0 N–H and O–H groups in total. The molecule has 3 aromatic carbocycles. The first kappa shape index (κ1) is 27.0. The van der Waals surface area contributed by atoms with Crippen LogP contribution in [0.3, 0.4) is 0 Å². The van der Waals surface area contributed by atoms with Gasteiger partial charge in [0.25, 0.3) is 0 Å². The third-order valence-corrected chi connectivity index (χ3v) is 8.09. The van der Waals surface area contributed by atoms with E-state index in [4.69, 9.17) is 9.47 Å². The van der Waals surface area contributed by atoms with Crippen LogP contribution in [0.2, 0.25) is 0 Å². The van der Waals surface area contributed by atoms with E-state index < -0.39 is 12.0 Å². The third-order valence-electron chi connectivity index (χ3n) is 8.09. The standard InChI is InChI=1S/C31H35F3N2O3/c1-19-20(2)29-26(27(30(4,5)39-29)22-7-11-25(12-8-22)38-31(32,33)34)21(3)28(19)36-17-15-35(16-18-36)23-9-13-24(37-6)14-10-23/h7-14,27H,15-18H2,1-6H3. The van der Waals surface area contributed by atoms with E-state index in [0.717, 1.165) is 59.9 Å². The average molecular weight is 541 g/mol. The molecule has 1 saturated heterocycles. The predicted octanol–water partition coefficient (Wildman–Crippen LogP) is 7.15. The van der Waals surface area contributed by atoms with Gasteiger partial charge in [-0.15, -0.1) is 13.2 Å². The van der Waals surface area contributed by atoms with Crippen molar-refractivity contribution in [1.82, 2.24) is 0 Å². The fourth-order valence-corrected chi connectivity index (χ4v) is 6.16. The Balaban J connectivity index is 1.46. The number of benzene rings is 3. The van der Waals surface area contributed by atoms with Gasteiger partial charge in [0.2, 0.25) is 0 Å². The quantitative estimate of drug-likeness (QED) is 0.343. The molecule has 3 aromatic rings. The minimum atomic E-state index is -4.72. The second-order valence-corrected chi connectivity index (χ2v) is 10.9. The molecule has 0 bridgehead atoms. The molecule has 0 spiro atoms.